The monoisotopic (exact) mass is 719 g/mol. The highest BCUT2D eigenvalue weighted by Crippen LogP contribution is 2.38. The smallest absolute Gasteiger partial charge is 0.296 e. The van der Waals surface area contributed by atoms with Crippen molar-refractivity contribution < 1.29 is 38.9 Å². The Labute approximate surface area is 273 Å². The zero-order chi connectivity index (χ0) is 34.3. The van der Waals surface area contributed by atoms with E-state index in [0.717, 1.165) is 30.3 Å². The molecule has 0 radical (unpaired) electrons. The number of azo groups is 1. The second-order valence-corrected chi connectivity index (χ2v) is 14.4. The second kappa shape index (κ2) is 12.5. The van der Waals surface area contributed by atoms with E-state index in [1.807, 2.05) is 6.07 Å². The molecule has 0 fully saturated rings. The van der Waals surface area contributed by atoms with Gasteiger partial charge in [-0.25, -0.2) is 0 Å². The summed E-state index contributed by atoms with van der Waals surface area (Å²) in [5, 5.41) is 10.1. The number of halogens is 1. The van der Waals surface area contributed by atoms with Crippen LogP contribution >= 0.6 is 11.6 Å². The van der Waals surface area contributed by atoms with Gasteiger partial charge in [0, 0.05) is 18.1 Å². The van der Waals surface area contributed by atoms with Gasteiger partial charge in [-0.2, -0.15) is 40.2 Å². The SMILES string of the molecule is Cc1ccc(N=Nc2cc3c(Nc4nc(Cl)nc(N(C)c5ccccc5)n4)cc(S(=O)(=O)O)cc3cc2S(=O)(=O)O)c(S(=O)(=O)O)c1. The lowest BCUT2D eigenvalue weighted by molar-refractivity contribution is 0.480. The molecule has 0 aliphatic heterocycles. The molecule has 4 aromatic carbocycles. The van der Waals surface area contributed by atoms with Crippen molar-refractivity contribution in [1.29, 1.82) is 0 Å². The van der Waals surface area contributed by atoms with Crippen LogP contribution in [0.5, 0.6) is 0 Å². The fraction of sp³-hybridized carbons (Fsp3) is 0.0741. The van der Waals surface area contributed by atoms with Crippen LogP contribution in [0, 0.1) is 6.92 Å². The molecule has 0 amide bonds. The minimum Gasteiger partial charge on any atom is -0.323 e. The number of anilines is 4. The number of para-hydroxylation sites is 1. The lowest BCUT2D eigenvalue weighted by Crippen LogP contribution is -2.14. The van der Waals surface area contributed by atoms with Crippen molar-refractivity contribution in [3.05, 3.63) is 83.6 Å². The maximum Gasteiger partial charge on any atom is 0.296 e. The maximum absolute atomic E-state index is 12.4. The average Bonchev–Trinajstić information content (AvgIpc) is 2.98. The Balaban J connectivity index is 1.70. The summed E-state index contributed by atoms with van der Waals surface area (Å²) in [7, 11) is -13.0. The minimum absolute atomic E-state index is 0.0622. The number of fused-ring (bicyclic) bond motifs is 1. The number of hydrogen-bond donors (Lipinski definition) is 4. The van der Waals surface area contributed by atoms with Crippen molar-refractivity contribution in [1.82, 2.24) is 15.0 Å². The predicted molar refractivity (Wildman–Crippen MR) is 171 cm³/mol. The molecule has 5 rings (SSSR count). The van der Waals surface area contributed by atoms with E-state index in [-0.39, 0.29) is 39.3 Å². The summed E-state index contributed by atoms with van der Waals surface area (Å²) in [6, 6.07) is 16.7. The van der Waals surface area contributed by atoms with Crippen molar-refractivity contribution in [2.45, 2.75) is 21.6 Å². The second-order valence-electron chi connectivity index (χ2n) is 9.86. The topological polar surface area (TPSA) is 242 Å². The van der Waals surface area contributed by atoms with Gasteiger partial charge in [0.2, 0.25) is 17.2 Å². The molecule has 1 aromatic heterocycles. The van der Waals surface area contributed by atoms with E-state index in [1.165, 1.54) is 12.1 Å². The van der Waals surface area contributed by atoms with Crippen LogP contribution in [0.1, 0.15) is 5.56 Å². The molecule has 0 spiro atoms. The van der Waals surface area contributed by atoms with Crippen LogP contribution in [0.2, 0.25) is 5.28 Å². The molecule has 47 heavy (non-hydrogen) atoms. The van der Waals surface area contributed by atoms with Gasteiger partial charge in [0.05, 0.1) is 10.6 Å². The van der Waals surface area contributed by atoms with Gasteiger partial charge in [0.1, 0.15) is 21.2 Å². The molecule has 0 unspecified atom stereocenters. The maximum atomic E-state index is 12.4. The Morgan fingerprint density at radius 3 is 2.02 bits per heavy atom. The molecule has 0 saturated carbocycles. The van der Waals surface area contributed by atoms with Gasteiger partial charge in [-0.05, 0) is 78.0 Å². The van der Waals surface area contributed by atoms with Gasteiger partial charge < -0.3 is 10.2 Å². The first-order chi connectivity index (χ1) is 21.9. The van der Waals surface area contributed by atoms with E-state index in [2.05, 4.69) is 30.5 Å². The van der Waals surface area contributed by atoms with Gasteiger partial charge in [0.15, 0.2) is 0 Å². The van der Waals surface area contributed by atoms with Crippen LogP contribution in [0.25, 0.3) is 10.8 Å². The van der Waals surface area contributed by atoms with E-state index >= 15 is 0 Å². The van der Waals surface area contributed by atoms with Crippen molar-refractivity contribution in [2.24, 2.45) is 10.2 Å². The standard InChI is InChI=1S/C27H22ClN7O9S3/c1-15-8-9-20(23(10-15)46(39,40)41)33-34-22-14-19-16(12-24(22)47(42,43)44)11-18(45(36,37)38)13-21(19)29-26-30-25(28)31-27(32-26)35(2)17-6-4-3-5-7-17/h3-14H,1-2H3,(H,36,37,38)(H,39,40,41)(H,42,43,44)(H,29,30,31,32). The lowest BCUT2D eigenvalue weighted by Gasteiger charge is -2.18. The summed E-state index contributed by atoms with van der Waals surface area (Å²) in [5.41, 5.74) is 0.191. The third-order valence-electron chi connectivity index (χ3n) is 6.53. The highest BCUT2D eigenvalue weighted by atomic mass is 35.5. The first-order valence-electron chi connectivity index (χ1n) is 12.9. The number of nitrogens with one attached hydrogen (secondary N) is 1. The lowest BCUT2D eigenvalue weighted by atomic mass is 10.1. The van der Waals surface area contributed by atoms with Crippen molar-refractivity contribution in [2.75, 3.05) is 17.3 Å². The first kappa shape index (κ1) is 33.7. The normalized spacial score (nSPS) is 12.5. The average molecular weight is 720 g/mol. The third-order valence-corrected chi connectivity index (χ3v) is 9.29. The summed E-state index contributed by atoms with van der Waals surface area (Å²) < 4.78 is 102. The van der Waals surface area contributed by atoms with Crippen LogP contribution in [0.4, 0.5) is 34.6 Å². The Morgan fingerprint density at radius 2 is 1.38 bits per heavy atom. The predicted octanol–water partition coefficient (Wildman–Crippen LogP) is 5.65. The van der Waals surface area contributed by atoms with Crippen LogP contribution in [-0.2, 0) is 30.4 Å². The van der Waals surface area contributed by atoms with E-state index < -0.39 is 50.7 Å². The molecule has 0 saturated heterocycles. The highest BCUT2D eigenvalue weighted by Gasteiger charge is 2.23. The number of aromatic nitrogens is 3. The molecule has 4 N–H and O–H groups in total. The van der Waals surface area contributed by atoms with Crippen LogP contribution in [-0.4, -0.2) is 60.9 Å². The molecular formula is C27H22ClN7O9S3. The van der Waals surface area contributed by atoms with Gasteiger partial charge in [-0.15, -0.1) is 10.2 Å². The molecular weight excluding hydrogens is 698 g/mol. The first-order valence-corrected chi connectivity index (χ1v) is 17.6. The van der Waals surface area contributed by atoms with E-state index in [0.29, 0.717) is 11.3 Å². The molecule has 5 aromatic rings. The van der Waals surface area contributed by atoms with Crippen molar-refractivity contribution in [3.8, 4) is 0 Å². The Kier molecular flexibility index (Phi) is 8.99. The molecule has 16 nitrogen and oxygen atoms in total. The summed E-state index contributed by atoms with van der Waals surface area (Å²) in [6.45, 7) is 1.56. The van der Waals surface area contributed by atoms with Crippen LogP contribution < -0.4 is 10.2 Å². The summed E-state index contributed by atoms with van der Waals surface area (Å²) in [6.07, 6.45) is 0. The number of hydrogen-bond acceptors (Lipinski definition) is 13. The zero-order valence-electron chi connectivity index (χ0n) is 24.0. The molecule has 0 atom stereocenters. The molecule has 1 heterocycles. The van der Waals surface area contributed by atoms with Gasteiger partial charge >= 0.3 is 0 Å². The van der Waals surface area contributed by atoms with E-state index in [9.17, 15) is 38.9 Å². The fourth-order valence-electron chi connectivity index (χ4n) is 4.34. The molecule has 244 valence electrons. The number of aryl methyl sites for hydroxylation is 1. The van der Waals surface area contributed by atoms with Gasteiger partial charge in [-0.1, -0.05) is 24.3 Å². The highest BCUT2D eigenvalue weighted by molar-refractivity contribution is 7.86. The third kappa shape index (κ3) is 7.68. The van der Waals surface area contributed by atoms with Crippen molar-refractivity contribution >= 4 is 87.4 Å². The summed E-state index contributed by atoms with van der Waals surface area (Å²) in [4.78, 5) is 12.0. The van der Waals surface area contributed by atoms with Crippen LogP contribution in [0.3, 0.4) is 0 Å². The Bertz CT molecular complexity index is 2410. The van der Waals surface area contributed by atoms with Crippen LogP contribution in [0.15, 0.2) is 97.7 Å². The molecule has 0 bridgehead atoms. The summed E-state index contributed by atoms with van der Waals surface area (Å²) in [5.74, 6) is -0.0964. The largest absolute Gasteiger partial charge is 0.323 e. The molecule has 20 heteroatoms. The molecule has 0 aliphatic rings. The minimum atomic E-state index is -5.05. The summed E-state index contributed by atoms with van der Waals surface area (Å²) >= 11 is 6.17. The van der Waals surface area contributed by atoms with E-state index in [4.69, 9.17) is 11.6 Å². The number of rotatable bonds is 9. The van der Waals surface area contributed by atoms with E-state index in [1.54, 1.807) is 43.1 Å². The zero-order valence-corrected chi connectivity index (χ0v) is 27.2. The Morgan fingerprint density at radius 1 is 0.745 bits per heavy atom. The van der Waals surface area contributed by atoms with Gasteiger partial charge in [-0.3, -0.25) is 13.7 Å². The Hall–Kier alpha value is -4.63. The molecule has 0 aliphatic carbocycles. The van der Waals surface area contributed by atoms with Gasteiger partial charge in [0.25, 0.3) is 30.4 Å². The van der Waals surface area contributed by atoms with Crippen molar-refractivity contribution in [3.63, 3.8) is 0 Å². The number of benzene rings is 4. The number of nitrogens with zero attached hydrogens (tertiary/aromatic N) is 6. The fourth-order valence-corrected chi connectivity index (χ4v) is 6.39. The quantitative estimate of drug-likeness (QED) is 0.106.